The van der Waals surface area contributed by atoms with Crippen molar-refractivity contribution < 1.29 is 13.9 Å². The highest BCUT2D eigenvalue weighted by molar-refractivity contribution is 5.59. The molecule has 0 unspecified atom stereocenters. The number of rotatable bonds is 7. The fourth-order valence-electron chi connectivity index (χ4n) is 2.92. The van der Waals surface area contributed by atoms with Crippen molar-refractivity contribution in [2.45, 2.75) is 46.5 Å². The van der Waals surface area contributed by atoms with Gasteiger partial charge in [0.25, 0.3) is 0 Å². The van der Waals surface area contributed by atoms with Crippen LogP contribution in [0.4, 0.5) is 0 Å². The van der Waals surface area contributed by atoms with Gasteiger partial charge in [0.15, 0.2) is 11.5 Å². The first-order valence-corrected chi connectivity index (χ1v) is 9.72. The van der Waals surface area contributed by atoms with Crippen LogP contribution in [0.3, 0.4) is 0 Å². The second-order valence-electron chi connectivity index (χ2n) is 7.65. The lowest BCUT2D eigenvalue weighted by Gasteiger charge is -2.18. The quantitative estimate of drug-likeness (QED) is 0.547. The Balaban J connectivity index is 1.77. The molecule has 0 aliphatic heterocycles. The largest absolute Gasteiger partial charge is 0.490 e. The summed E-state index contributed by atoms with van der Waals surface area (Å²) in [7, 11) is 0. The Bertz CT molecular complexity index is 908. The van der Waals surface area contributed by atoms with Gasteiger partial charge in [-0.1, -0.05) is 45.0 Å². The van der Waals surface area contributed by atoms with Crippen LogP contribution >= 0.6 is 0 Å². The van der Waals surface area contributed by atoms with Crippen LogP contribution in [0.5, 0.6) is 11.5 Å². The number of ether oxygens (including phenoxy) is 2. The van der Waals surface area contributed by atoms with Crippen LogP contribution in [-0.2, 0) is 11.8 Å². The molecule has 0 fully saturated rings. The van der Waals surface area contributed by atoms with Crippen LogP contribution in [0.2, 0.25) is 0 Å². The molecule has 0 atom stereocenters. The van der Waals surface area contributed by atoms with Crippen molar-refractivity contribution in [3.63, 3.8) is 0 Å². The third kappa shape index (κ3) is 4.71. The third-order valence-electron chi connectivity index (χ3n) is 4.43. The number of nitrogens with zero attached hydrogens (tertiary/aromatic N) is 2. The van der Waals surface area contributed by atoms with Gasteiger partial charge in [-0.05, 0) is 48.6 Å². The van der Waals surface area contributed by atoms with E-state index in [0.29, 0.717) is 42.9 Å². The molecule has 0 amide bonds. The summed E-state index contributed by atoms with van der Waals surface area (Å²) in [6.07, 6.45) is 0.604. The molecule has 3 rings (SSSR count). The van der Waals surface area contributed by atoms with Gasteiger partial charge in [-0.2, -0.15) is 0 Å². The number of hydrogen-bond acceptors (Lipinski definition) is 5. The fraction of sp³-hybridized carbons (Fsp3) is 0.391. The lowest BCUT2D eigenvalue weighted by atomic mass is 9.86. The Morgan fingerprint density at radius 3 is 2.18 bits per heavy atom. The molecule has 0 spiro atoms. The molecular weight excluding hydrogens is 352 g/mol. The van der Waals surface area contributed by atoms with Gasteiger partial charge in [0.2, 0.25) is 11.8 Å². The van der Waals surface area contributed by atoms with E-state index in [-0.39, 0.29) is 5.41 Å². The maximum atomic E-state index is 5.89. The Kier molecular flexibility index (Phi) is 6.02. The lowest BCUT2D eigenvalue weighted by Crippen LogP contribution is -2.10. The van der Waals surface area contributed by atoms with E-state index in [4.69, 9.17) is 13.9 Å². The zero-order valence-electron chi connectivity index (χ0n) is 17.3. The Hall–Kier alpha value is -2.82. The lowest BCUT2D eigenvalue weighted by molar-refractivity contribution is 0.288. The van der Waals surface area contributed by atoms with Crippen molar-refractivity contribution in [3.05, 3.63) is 59.5 Å². The molecule has 0 radical (unpaired) electrons. The molecule has 3 aromatic rings. The highest BCUT2D eigenvalue weighted by Gasteiger charge is 2.15. The minimum Gasteiger partial charge on any atom is -0.490 e. The number of benzene rings is 2. The van der Waals surface area contributed by atoms with Crippen LogP contribution < -0.4 is 9.47 Å². The van der Waals surface area contributed by atoms with E-state index < -0.39 is 0 Å². The van der Waals surface area contributed by atoms with E-state index in [1.54, 1.807) is 0 Å². The van der Waals surface area contributed by atoms with E-state index in [9.17, 15) is 0 Å². The molecule has 0 bridgehead atoms. The van der Waals surface area contributed by atoms with Crippen LogP contribution in [0.25, 0.3) is 11.5 Å². The molecule has 148 valence electrons. The summed E-state index contributed by atoms with van der Waals surface area (Å²) >= 11 is 0. The molecule has 2 aromatic carbocycles. The van der Waals surface area contributed by atoms with Crippen molar-refractivity contribution in [2.24, 2.45) is 0 Å². The van der Waals surface area contributed by atoms with Crippen LogP contribution in [0, 0.1) is 0 Å². The van der Waals surface area contributed by atoms with Gasteiger partial charge >= 0.3 is 0 Å². The summed E-state index contributed by atoms with van der Waals surface area (Å²) in [5, 5.41) is 8.41. The fourth-order valence-corrected chi connectivity index (χ4v) is 2.92. The van der Waals surface area contributed by atoms with E-state index in [0.717, 1.165) is 11.1 Å². The highest BCUT2D eigenvalue weighted by Crippen LogP contribution is 2.32. The molecule has 0 aliphatic carbocycles. The molecule has 0 aliphatic rings. The summed E-state index contributed by atoms with van der Waals surface area (Å²) in [5.74, 6) is 2.46. The van der Waals surface area contributed by atoms with Crippen molar-refractivity contribution in [2.75, 3.05) is 13.2 Å². The van der Waals surface area contributed by atoms with Gasteiger partial charge in [-0.3, -0.25) is 0 Å². The van der Waals surface area contributed by atoms with Gasteiger partial charge in [0.1, 0.15) is 0 Å². The monoisotopic (exact) mass is 380 g/mol. The second kappa shape index (κ2) is 8.46. The first kappa shape index (κ1) is 19.9. The maximum Gasteiger partial charge on any atom is 0.247 e. The van der Waals surface area contributed by atoms with E-state index >= 15 is 0 Å². The minimum atomic E-state index is 0.141. The van der Waals surface area contributed by atoms with Crippen molar-refractivity contribution in [3.8, 4) is 23.0 Å². The SMILES string of the molecule is CCOc1ccc(-c2nnc(Cc3ccc(C(C)(C)C)cc3)o2)cc1OCC. The van der Waals surface area contributed by atoms with Crippen molar-refractivity contribution in [1.29, 1.82) is 0 Å². The topological polar surface area (TPSA) is 57.4 Å². The Labute approximate surface area is 166 Å². The minimum absolute atomic E-state index is 0.141. The molecule has 0 N–H and O–H groups in total. The van der Waals surface area contributed by atoms with Gasteiger partial charge in [0.05, 0.1) is 19.6 Å². The maximum absolute atomic E-state index is 5.89. The van der Waals surface area contributed by atoms with E-state index in [1.807, 2.05) is 32.0 Å². The molecule has 1 aromatic heterocycles. The molecular formula is C23H28N2O3. The molecule has 28 heavy (non-hydrogen) atoms. The predicted octanol–water partition coefficient (Wildman–Crippen LogP) is 5.42. The zero-order chi connectivity index (χ0) is 20.1. The predicted molar refractivity (Wildman–Crippen MR) is 110 cm³/mol. The zero-order valence-corrected chi connectivity index (χ0v) is 17.3. The van der Waals surface area contributed by atoms with Crippen molar-refractivity contribution in [1.82, 2.24) is 10.2 Å². The van der Waals surface area contributed by atoms with Crippen molar-refractivity contribution >= 4 is 0 Å². The van der Waals surface area contributed by atoms with Gasteiger partial charge in [0, 0.05) is 5.56 Å². The van der Waals surface area contributed by atoms with Crippen LogP contribution in [0.15, 0.2) is 46.9 Å². The Morgan fingerprint density at radius 2 is 1.54 bits per heavy atom. The first-order valence-electron chi connectivity index (χ1n) is 9.72. The van der Waals surface area contributed by atoms with Gasteiger partial charge in [-0.15, -0.1) is 10.2 Å². The summed E-state index contributed by atoms with van der Waals surface area (Å²) in [5.41, 5.74) is 3.40. The summed E-state index contributed by atoms with van der Waals surface area (Å²) < 4.78 is 17.2. The van der Waals surface area contributed by atoms with Gasteiger partial charge < -0.3 is 13.9 Å². The third-order valence-corrected chi connectivity index (χ3v) is 4.43. The number of aromatic nitrogens is 2. The molecule has 0 saturated carbocycles. The summed E-state index contributed by atoms with van der Waals surface area (Å²) in [6.45, 7) is 11.7. The summed E-state index contributed by atoms with van der Waals surface area (Å²) in [4.78, 5) is 0. The van der Waals surface area contributed by atoms with Crippen LogP contribution in [-0.4, -0.2) is 23.4 Å². The molecule has 1 heterocycles. The average molecular weight is 380 g/mol. The standard InChI is InChI=1S/C23H28N2O3/c1-6-26-19-13-10-17(15-20(19)27-7-2)22-25-24-21(28-22)14-16-8-11-18(12-9-16)23(3,4)5/h8-13,15H,6-7,14H2,1-5H3. The van der Waals surface area contributed by atoms with E-state index in [2.05, 4.69) is 55.2 Å². The highest BCUT2D eigenvalue weighted by atomic mass is 16.5. The molecule has 5 heteroatoms. The molecule has 0 saturated heterocycles. The normalized spacial score (nSPS) is 11.5. The van der Waals surface area contributed by atoms with E-state index in [1.165, 1.54) is 5.56 Å². The summed E-state index contributed by atoms with van der Waals surface area (Å²) in [6, 6.07) is 14.2. The Morgan fingerprint density at radius 1 is 0.857 bits per heavy atom. The second-order valence-corrected chi connectivity index (χ2v) is 7.65. The van der Waals surface area contributed by atoms with Crippen LogP contribution in [0.1, 0.15) is 51.6 Å². The number of hydrogen-bond donors (Lipinski definition) is 0. The average Bonchev–Trinajstić information content (AvgIpc) is 3.12. The molecule has 5 nitrogen and oxygen atoms in total. The first-order chi connectivity index (χ1) is 13.4. The smallest absolute Gasteiger partial charge is 0.247 e. The van der Waals surface area contributed by atoms with Gasteiger partial charge in [-0.25, -0.2) is 0 Å².